The molecule has 1 N–H and O–H groups in total. The summed E-state index contributed by atoms with van der Waals surface area (Å²) in [5, 5.41) is 19.7. The molecule has 0 aromatic heterocycles. The molecule has 0 bridgehead atoms. The number of nitro benzene ring substituents is 1. The van der Waals surface area contributed by atoms with Crippen LogP contribution in [-0.4, -0.2) is 46.7 Å². The number of hydrogen-bond donors (Lipinski definition) is 1. The Kier molecular flexibility index (Phi) is 5.27. The molecule has 8 heteroatoms. The van der Waals surface area contributed by atoms with Crippen molar-refractivity contribution in [1.29, 1.82) is 0 Å². The quantitative estimate of drug-likeness (QED) is 0.639. The van der Waals surface area contributed by atoms with Gasteiger partial charge in [-0.15, -0.1) is 0 Å². The molecule has 1 fully saturated rings. The Morgan fingerprint density at radius 1 is 1.57 bits per heavy atom. The minimum Gasteiger partial charge on any atom is -0.481 e. The number of carbonyl (C=O) groups is 1. The van der Waals surface area contributed by atoms with Gasteiger partial charge in [-0.25, -0.2) is 0 Å². The first-order chi connectivity index (χ1) is 9.97. The largest absolute Gasteiger partial charge is 0.481 e. The van der Waals surface area contributed by atoms with E-state index in [0.717, 1.165) is 5.56 Å². The van der Waals surface area contributed by atoms with Gasteiger partial charge in [-0.2, -0.15) is 0 Å². The number of carboxylic acids is 1. The molecule has 7 nitrogen and oxygen atoms in total. The second-order valence-electron chi connectivity index (χ2n) is 4.83. The minimum absolute atomic E-state index is 0.0304. The Morgan fingerprint density at radius 3 is 3.00 bits per heavy atom. The minimum atomic E-state index is -0.890. The number of nitrogens with zero attached hydrogens (tertiary/aromatic N) is 2. The van der Waals surface area contributed by atoms with Gasteiger partial charge in [0, 0.05) is 25.7 Å². The van der Waals surface area contributed by atoms with E-state index in [1.165, 1.54) is 6.07 Å². The van der Waals surface area contributed by atoms with Crippen LogP contribution in [-0.2, 0) is 16.1 Å². The molecule has 1 aromatic rings. The predicted octanol–water partition coefficient (Wildman–Crippen LogP) is 2.03. The van der Waals surface area contributed by atoms with Crippen LogP contribution in [0.3, 0.4) is 0 Å². The molecule has 1 unspecified atom stereocenters. The van der Waals surface area contributed by atoms with Crippen LogP contribution in [0.25, 0.3) is 0 Å². The van der Waals surface area contributed by atoms with Crippen LogP contribution < -0.4 is 0 Å². The molecule has 0 amide bonds. The van der Waals surface area contributed by atoms with Crippen LogP contribution in [0, 0.1) is 10.1 Å². The zero-order chi connectivity index (χ0) is 15.4. The van der Waals surface area contributed by atoms with Gasteiger partial charge in [0.1, 0.15) is 0 Å². The second-order valence-corrected chi connectivity index (χ2v) is 5.63. The second kappa shape index (κ2) is 6.97. The topological polar surface area (TPSA) is 92.9 Å². The van der Waals surface area contributed by atoms with Crippen molar-refractivity contribution < 1.29 is 19.6 Å². The third kappa shape index (κ3) is 4.23. The Labute approximate surface area is 129 Å². The number of rotatable bonds is 5. The summed E-state index contributed by atoms with van der Waals surface area (Å²) in [7, 11) is 0. The number of hydrogen-bond acceptors (Lipinski definition) is 5. The molecule has 21 heavy (non-hydrogen) atoms. The lowest BCUT2D eigenvalue weighted by atomic mass is 10.1. The maximum atomic E-state index is 10.9. The lowest BCUT2D eigenvalue weighted by Gasteiger charge is -2.32. The van der Waals surface area contributed by atoms with E-state index in [2.05, 4.69) is 15.9 Å². The Hall–Kier alpha value is -1.51. The van der Waals surface area contributed by atoms with Gasteiger partial charge in [0.15, 0.2) is 0 Å². The van der Waals surface area contributed by atoms with Crippen molar-refractivity contribution in [3.8, 4) is 0 Å². The number of nitro groups is 1. The third-order valence-corrected chi connectivity index (χ3v) is 4.19. The molecule has 1 aliphatic heterocycles. The number of ether oxygens (including phenoxy) is 1. The van der Waals surface area contributed by atoms with E-state index in [-0.39, 0.29) is 18.2 Å². The van der Waals surface area contributed by atoms with Gasteiger partial charge in [-0.1, -0.05) is 12.1 Å². The Balaban J connectivity index is 2.06. The lowest BCUT2D eigenvalue weighted by Crippen LogP contribution is -2.42. The monoisotopic (exact) mass is 358 g/mol. The van der Waals surface area contributed by atoms with Crippen LogP contribution in [0.4, 0.5) is 5.69 Å². The SMILES string of the molecule is O=C(O)CC1CN(Cc2cccc([N+](=O)[O-])c2Br)CCO1. The van der Waals surface area contributed by atoms with Crippen molar-refractivity contribution in [2.75, 3.05) is 19.7 Å². The number of aliphatic carboxylic acids is 1. The van der Waals surface area contributed by atoms with Crippen LogP contribution in [0.1, 0.15) is 12.0 Å². The van der Waals surface area contributed by atoms with Gasteiger partial charge < -0.3 is 9.84 Å². The summed E-state index contributed by atoms with van der Waals surface area (Å²) in [6.45, 7) is 2.15. The van der Waals surface area contributed by atoms with Crippen LogP contribution in [0.5, 0.6) is 0 Å². The third-order valence-electron chi connectivity index (χ3n) is 3.27. The summed E-state index contributed by atoms with van der Waals surface area (Å²) in [6, 6.07) is 4.91. The molecular weight excluding hydrogens is 344 g/mol. The number of carboxylic acid groups (broad SMARTS) is 1. The fourth-order valence-corrected chi connectivity index (χ4v) is 2.85. The molecule has 0 aliphatic carbocycles. The summed E-state index contributed by atoms with van der Waals surface area (Å²) >= 11 is 3.27. The van der Waals surface area contributed by atoms with E-state index in [0.29, 0.717) is 30.7 Å². The summed E-state index contributed by atoms with van der Waals surface area (Å²) in [4.78, 5) is 23.3. The first kappa shape index (κ1) is 15.9. The van der Waals surface area contributed by atoms with E-state index in [9.17, 15) is 14.9 Å². The average Bonchev–Trinajstić information content (AvgIpc) is 2.40. The number of benzene rings is 1. The van der Waals surface area contributed by atoms with Crippen molar-refractivity contribution in [2.45, 2.75) is 19.1 Å². The fourth-order valence-electron chi connectivity index (χ4n) is 2.31. The number of morpholine rings is 1. The normalized spacial score (nSPS) is 19.4. The highest BCUT2D eigenvalue weighted by molar-refractivity contribution is 9.10. The highest BCUT2D eigenvalue weighted by Gasteiger charge is 2.24. The molecule has 114 valence electrons. The molecule has 1 aliphatic rings. The van der Waals surface area contributed by atoms with Crippen molar-refractivity contribution in [3.05, 3.63) is 38.3 Å². The van der Waals surface area contributed by atoms with Gasteiger partial charge in [-0.05, 0) is 21.5 Å². The molecule has 1 heterocycles. The van der Waals surface area contributed by atoms with E-state index in [1.54, 1.807) is 6.07 Å². The standard InChI is InChI=1S/C13H15BrN2O5/c14-13-9(2-1-3-11(13)16(19)20)7-15-4-5-21-10(8-15)6-12(17)18/h1-3,10H,4-8H2,(H,17,18). The van der Waals surface area contributed by atoms with Crippen LogP contribution >= 0.6 is 15.9 Å². The summed E-state index contributed by atoms with van der Waals surface area (Å²) < 4.78 is 5.88. The highest BCUT2D eigenvalue weighted by Crippen LogP contribution is 2.29. The first-order valence-corrected chi connectivity index (χ1v) is 7.24. The maximum absolute atomic E-state index is 10.9. The summed E-state index contributed by atoms with van der Waals surface area (Å²) in [6.07, 6.45) is -0.374. The fraction of sp³-hybridized carbons (Fsp3) is 0.462. The van der Waals surface area contributed by atoms with Crippen LogP contribution in [0.15, 0.2) is 22.7 Å². The molecule has 2 rings (SSSR count). The van der Waals surface area contributed by atoms with Crippen molar-refractivity contribution >= 4 is 27.6 Å². The molecule has 0 spiro atoms. The number of halogens is 1. The van der Waals surface area contributed by atoms with E-state index >= 15 is 0 Å². The molecule has 0 saturated carbocycles. The van der Waals surface area contributed by atoms with Gasteiger partial charge in [0.2, 0.25) is 0 Å². The summed E-state index contributed by atoms with van der Waals surface area (Å²) in [5.74, 6) is -0.890. The van der Waals surface area contributed by atoms with Gasteiger partial charge in [0.25, 0.3) is 5.69 Å². The molecule has 0 radical (unpaired) electrons. The Bertz CT molecular complexity index is 551. The first-order valence-electron chi connectivity index (χ1n) is 6.45. The predicted molar refractivity (Wildman–Crippen MR) is 78.1 cm³/mol. The van der Waals surface area contributed by atoms with Crippen molar-refractivity contribution in [2.24, 2.45) is 0 Å². The van der Waals surface area contributed by atoms with E-state index in [1.807, 2.05) is 11.0 Å². The van der Waals surface area contributed by atoms with Gasteiger partial charge in [-0.3, -0.25) is 19.8 Å². The molecule has 1 atom stereocenters. The van der Waals surface area contributed by atoms with Gasteiger partial charge in [0.05, 0.1) is 28.5 Å². The van der Waals surface area contributed by atoms with Crippen molar-refractivity contribution in [1.82, 2.24) is 4.90 Å². The zero-order valence-corrected chi connectivity index (χ0v) is 12.8. The highest BCUT2D eigenvalue weighted by atomic mass is 79.9. The average molecular weight is 359 g/mol. The van der Waals surface area contributed by atoms with E-state index < -0.39 is 10.9 Å². The van der Waals surface area contributed by atoms with Gasteiger partial charge >= 0.3 is 5.97 Å². The van der Waals surface area contributed by atoms with E-state index in [4.69, 9.17) is 9.84 Å². The van der Waals surface area contributed by atoms with Crippen LogP contribution in [0.2, 0.25) is 0 Å². The molecule has 1 aromatic carbocycles. The maximum Gasteiger partial charge on any atom is 0.306 e. The molecule has 1 saturated heterocycles. The Morgan fingerprint density at radius 2 is 2.33 bits per heavy atom. The molecular formula is C13H15BrN2O5. The smallest absolute Gasteiger partial charge is 0.306 e. The lowest BCUT2D eigenvalue weighted by molar-refractivity contribution is -0.385. The van der Waals surface area contributed by atoms with Crippen molar-refractivity contribution in [3.63, 3.8) is 0 Å². The summed E-state index contributed by atoms with van der Waals surface area (Å²) in [5.41, 5.74) is 0.836. The zero-order valence-electron chi connectivity index (χ0n) is 11.2.